The van der Waals surface area contributed by atoms with E-state index in [0.29, 0.717) is 17.2 Å². The van der Waals surface area contributed by atoms with Crippen molar-refractivity contribution < 1.29 is 13.4 Å². The molecule has 110 valence electrons. The van der Waals surface area contributed by atoms with E-state index >= 15 is 0 Å². The Kier molecular flexibility index (Phi) is 5.63. The van der Waals surface area contributed by atoms with Gasteiger partial charge in [-0.3, -0.25) is 9.00 Å². The van der Waals surface area contributed by atoms with Crippen LogP contribution in [0.3, 0.4) is 0 Å². The van der Waals surface area contributed by atoms with Gasteiger partial charge in [-0.1, -0.05) is 30.3 Å². The first-order chi connectivity index (χ1) is 10.1. The Hall–Kier alpha value is -2.01. The predicted octanol–water partition coefficient (Wildman–Crippen LogP) is 3.10. The van der Waals surface area contributed by atoms with Crippen LogP contribution in [-0.4, -0.2) is 15.9 Å². The summed E-state index contributed by atoms with van der Waals surface area (Å²) in [7, 11) is -1.07. The maximum absolute atomic E-state index is 12.7. The van der Waals surface area contributed by atoms with Crippen LogP contribution in [-0.2, 0) is 21.3 Å². The standard InChI is InChI=1S/C16H16FNO2S/c17-14-6-8-15(9-7-14)18-16(19)10-11-21(20)12-13-4-2-1-3-5-13/h1-9H,10-12H2,(H,18,19). The molecule has 0 aromatic heterocycles. The van der Waals surface area contributed by atoms with E-state index in [2.05, 4.69) is 5.32 Å². The van der Waals surface area contributed by atoms with E-state index in [4.69, 9.17) is 0 Å². The molecule has 0 radical (unpaired) electrons. The lowest BCUT2D eigenvalue weighted by atomic mass is 10.2. The number of carbonyl (C=O) groups is 1. The van der Waals surface area contributed by atoms with Gasteiger partial charge in [0.05, 0.1) is 0 Å². The SMILES string of the molecule is O=C(CCS(=O)Cc1ccccc1)Nc1ccc(F)cc1. The molecular formula is C16H16FNO2S. The molecule has 1 amide bonds. The summed E-state index contributed by atoms with van der Waals surface area (Å²) in [6, 6.07) is 15.1. The molecule has 0 heterocycles. The maximum Gasteiger partial charge on any atom is 0.225 e. The number of anilines is 1. The Morgan fingerprint density at radius 3 is 2.38 bits per heavy atom. The third-order valence-electron chi connectivity index (χ3n) is 2.86. The summed E-state index contributed by atoms with van der Waals surface area (Å²) in [4.78, 5) is 11.7. The summed E-state index contributed by atoms with van der Waals surface area (Å²) < 4.78 is 24.6. The van der Waals surface area contributed by atoms with E-state index in [1.54, 1.807) is 0 Å². The van der Waals surface area contributed by atoms with Crippen LogP contribution in [0.2, 0.25) is 0 Å². The first kappa shape index (κ1) is 15.4. The second kappa shape index (κ2) is 7.69. The van der Waals surface area contributed by atoms with Crippen LogP contribution in [0.4, 0.5) is 10.1 Å². The first-order valence-corrected chi connectivity index (χ1v) is 8.06. The minimum Gasteiger partial charge on any atom is -0.326 e. The number of nitrogens with one attached hydrogen (secondary N) is 1. The second-order valence-electron chi connectivity index (χ2n) is 4.58. The van der Waals surface area contributed by atoms with Gasteiger partial charge < -0.3 is 5.32 Å². The van der Waals surface area contributed by atoms with Crippen LogP contribution in [0.1, 0.15) is 12.0 Å². The monoisotopic (exact) mass is 305 g/mol. The third-order valence-corrected chi connectivity index (χ3v) is 4.17. The molecule has 2 aromatic rings. The molecule has 2 rings (SSSR count). The molecule has 0 saturated carbocycles. The van der Waals surface area contributed by atoms with Gasteiger partial charge in [0.25, 0.3) is 0 Å². The molecular weight excluding hydrogens is 289 g/mol. The molecule has 2 aromatic carbocycles. The molecule has 0 fully saturated rings. The Morgan fingerprint density at radius 1 is 1.05 bits per heavy atom. The minimum atomic E-state index is -1.07. The van der Waals surface area contributed by atoms with Crippen molar-refractivity contribution in [2.75, 3.05) is 11.1 Å². The fraction of sp³-hybridized carbons (Fsp3) is 0.188. The average Bonchev–Trinajstić information content (AvgIpc) is 2.49. The largest absolute Gasteiger partial charge is 0.326 e. The number of rotatable bonds is 6. The molecule has 0 aliphatic carbocycles. The summed E-state index contributed by atoms with van der Waals surface area (Å²) in [5.41, 5.74) is 1.53. The van der Waals surface area contributed by atoms with Crippen LogP contribution >= 0.6 is 0 Å². The van der Waals surface area contributed by atoms with Gasteiger partial charge in [0.2, 0.25) is 5.91 Å². The lowest BCUT2D eigenvalue weighted by Gasteiger charge is -2.05. The molecule has 0 aliphatic rings. The fourth-order valence-electron chi connectivity index (χ4n) is 1.80. The highest BCUT2D eigenvalue weighted by atomic mass is 32.2. The topological polar surface area (TPSA) is 46.2 Å². The van der Waals surface area contributed by atoms with Gasteiger partial charge in [0, 0.05) is 34.4 Å². The van der Waals surface area contributed by atoms with Crippen LogP contribution in [0, 0.1) is 5.82 Å². The second-order valence-corrected chi connectivity index (χ2v) is 6.16. The van der Waals surface area contributed by atoms with Gasteiger partial charge in [0.15, 0.2) is 0 Å². The molecule has 3 nitrogen and oxygen atoms in total. The molecule has 1 atom stereocenters. The van der Waals surface area contributed by atoms with E-state index in [-0.39, 0.29) is 18.1 Å². The molecule has 1 N–H and O–H groups in total. The highest BCUT2D eigenvalue weighted by molar-refractivity contribution is 7.84. The van der Waals surface area contributed by atoms with Gasteiger partial charge in [-0.15, -0.1) is 0 Å². The van der Waals surface area contributed by atoms with Gasteiger partial charge in [0.1, 0.15) is 5.82 Å². The number of halogens is 1. The van der Waals surface area contributed by atoms with Crippen molar-refractivity contribution in [2.45, 2.75) is 12.2 Å². The van der Waals surface area contributed by atoms with Crippen molar-refractivity contribution in [2.24, 2.45) is 0 Å². The number of hydrogen-bond donors (Lipinski definition) is 1. The van der Waals surface area contributed by atoms with Crippen molar-refractivity contribution in [1.82, 2.24) is 0 Å². The van der Waals surface area contributed by atoms with Gasteiger partial charge in [-0.05, 0) is 29.8 Å². The van der Waals surface area contributed by atoms with Crippen LogP contribution in [0.25, 0.3) is 0 Å². The van der Waals surface area contributed by atoms with Gasteiger partial charge in [-0.25, -0.2) is 4.39 Å². The van der Waals surface area contributed by atoms with Crippen molar-refractivity contribution in [3.8, 4) is 0 Å². The van der Waals surface area contributed by atoms with Gasteiger partial charge >= 0.3 is 0 Å². The van der Waals surface area contributed by atoms with Crippen LogP contribution < -0.4 is 5.32 Å². The quantitative estimate of drug-likeness (QED) is 0.891. The number of amides is 1. The summed E-state index contributed by atoms with van der Waals surface area (Å²) >= 11 is 0. The number of carbonyl (C=O) groups excluding carboxylic acids is 1. The van der Waals surface area contributed by atoms with E-state index in [1.807, 2.05) is 30.3 Å². The summed E-state index contributed by atoms with van der Waals surface area (Å²) in [5.74, 6) is 0.187. The normalized spacial score (nSPS) is 11.9. The lowest BCUT2D eigenvalue weighted by Crippen LogP contribution is -2.15. The third kappa shape index (κ3) is 5.47. The molecule has 0 saturated heterocycles. The van der Waals surface area contributed by atoms with E-state index in [1.165, 1.54) is 24.3 Å². The van der Waals surface area contributed by atoms with Crippen molar-refractivity contribution in [3.05, 3.63) is 66.0 Å². The van der Waals surface area contributed by atoms with E-state index in [0.717, 1.165) is 5.56 Å². The minimum absolute atomic E-state index is 0.177. The molecule has 1 unspecified atom stereocenters. The van der Waals surface area contributed by atoms with E-state index < -0.39 is 10.8 Å². The van der Waals surface area contributed by atoms with E-state index in [9.17, 15) is 13.4 Å². The average molecular weight is 305 g/mol. The molecule has 0 aliphatic heterocycles. The highest BCUT2D eigenvalue weighted by Gasteiger charge is 2.07. The van der Waals surface area contributed by atoms with Crippen molar-refractivity contribution in [3.63, 3.8) is 0 Å². The Balaban J connectivity index is 1.76. The predicted molar refractivity (Wildman–Crippen MR) is 82.8 cm³/mol. The zero-order valence-corrected chi connectivity index (χ0v) is 12.2. The maximum atomic E-state index is 12.7. The van der Waals surface area contributed by atoms with Gasteiger partial charge in [-0.2, -0.15) is 0 Å². The number of hydrogen-bond acceptors (Lipinski definition) is 2. The Morgan fingerprint density at radius 2 is 1.71 bits per heavy atom. The zero-order chi connectivity index (χ0) is 15.1. The molecule has 0 bridgehead atoms. The number of benzene rings is 2. The molecule has 0 spiro atoms. The van der Waals surface area contributed by atoms with Crippen molar-refractivity contribution >= 4 is 22.4 Å². The zero-order valence-electron chi connectivity index (χ0n) is 11.4. The molecule has 5 heteroatoms. The van der Waals surface area contributed by atoms with Crippen LogP contribution in [0.5, 0.6) is 0 Å². The smallest absolute Gasteiger partial charge is 0.225 e. The summed E-state index contributed by atoms with van der Waals surface area (Å²) in [6.07, 6.45) is 0.177. The fourth-order valence-corrected chi connectivity index (χ4v) is 2.92. The van der Waals surface area contributed by atoms with Crippen LogP contribution in [0.15, 0.2) is 54.6 Å². The molecule has 21 heavy (non-hydrogen) atoms. The Bertz CT molecular complexity index is 614. The first-order valence-electron chi connectivity index (χ1n) is 6.58. The lowest BCUT2D eigenvalue weighted by molar-refractivity contribution is -0.115. The Labute approximate surface area is 125 Å². The highest BCUT2D eigenvalue weighted by Crippen LogP contribution is 2.09. The summed E-state index contributed by atoms with van der Waals surface area (Å²) in [6.45, 7) is 0. The summed E-state index contributed by atoms with van der Waals surface area (Å²) in [5, 5.41) is 2.65. The van der Waals surface area contributed by atoms with Crippen molar-refractivity contribution in [1.29, 1.82) is 0 Å².